The van der Waals surface area contributed by atoms with E-state index in [1.165, 1.54) is 4.88 Å². The summed E-state index contributed by atoms with van der Waals surface area (Å²) in [4.78, 5) is 27.0. The standard InChI is InChI=1S/C11H17N3O3S/c1-2-8-6-13-9(18-8)7-14-11(17)12-5-3-4-10(15)16/h6H,2-5,7H2,1H3,(H,15,16)(H2,12,14,17). The molecular formula is C11H17N3O3S. The summed E-state index contributed by atoms with van der Waals surface area (Å²) in [5.41, 5.74) is 0. The number of carbonyl (C=O) groups is 2. The van der Waals surface area contributed by atoms with Crippen LogP contribution in [-0.2, 0) is 17.8 Å². The summed E-state index contributed by atoms with van der Waals surface area (Å²) >= 11 is 1.58. The van der Waals surface area contributed by atoms with Crippen molar-refractivity contribution >= 4 is 23.3 Å². The Morgan fingerprint density at radius 2 is 2.22 bits per heavy atom. The number of amides is 2. The van der Waals surface area contributed by atoms with Crippen LogP contribution in [-0.4, -0.2) is 28.6 Å². The molecule has 0 unspecified atom stereocenters. The number of rotatable bonds is 7. The molecule has 0 saturated heterocycles. The van der Waals surface area contributed by atoms with Crippen molar-refractivity contribution < 1.29 is 14.7 Å². The highest BCUT2D eigenvalue weighted by molar-refractivity contribution is 7.11. The van der Waals surface area contributed by atoms with Crippen LogP contribution in [0.1, 0.15) is 29.7 Å². The van der Waals surface area contributed by atoms with E-state index >= 15 is 0 Å². The molecule has 0 atom stereocenters. The van der Waals surface area contributed by atoms with Crippen molar-refractivity contribution in [1.29, 1.82) is 0 Å². The van der Waals surface area contributed by atoms with Gasteiger partial charge >= 0.3 is 12.0 Å². The number of nitrogens with one attached hydrogen (secondary N) is 2. The average Bonchev–Trinajstić information content (AvgIpc) is 2.80. The second-order valence-electron chi connectivity index (χ2n) is 3.68. The number of carboxylic acids is 1. The molecule has 2 amide bonds. The Kier molecular flexibility index (Phi) is 6.13. The zero-order valence-electron chi connectivity index (χ0n) is 10.2. The number of nitrogens with zero attached hydrogens (tertiary/aromatic N) is 1. The molecular weight excluding hydrogens is 254 g/mol. The van der Waals surface area contributed by atoms with Crippen molar-refractivity contribution in [3.63, 3.8) is 0 Å². The van der Waals surface area contributed by atoms with Gasteiger partial charge in [0.25, 0.3) is 0 Å². The van der Waals surface area contributed by atoms with Crippen LogP contribution in [0.2, 0.25) is 0 Å². The maximum Gasteiger partial charge on any atom is 0.315 e. The number of aliphatic carboxylic acids is 1. The van der Waals surface area contributed by atoms with Gasteiger partial charge < -0.3 is 15.7 Å². The van der Waals surface area contributed by atoms with Gasteiger partial charge in [0.15, 0.2) is 0 Å². The van der Waals surface area contributed by atoms with Gasteiger partial charge in [-0.2, -0.15) is 0 Å². The molecule has 1 aromatic heterocycles. The Labute approximate surface area is 109 Å². The van der Waals surface area contributed by atoms with Gasteiger partial charge in [-0.25, -0.2) is 9.78 Å². The second-order valence-corrected chi connectivity index (χ2v) is 4.88. The first-order chi connectivity index (χ1) is 8.61. The van der Waals surface area contributed by atoms with Crippen molar-refractivity contribution in [2.75, 3.05) is 6.54 Å². The van der Waals surface area contributed by atoms with E-state index in [1.54, 1.807) is 11.3 Å². The molecule has 7 heteroatoms. The number of aryl methyl sites for hydroxylation is 1. The van der Waals surface area contributed by atoms with E-state index in [4.69, 9.17) is 5.11 Å². The summed E-state index contributed by atoms with van der Waals surface area (Å²) in [7, 11) is 0. The molecule has 1 heterocycles. The molecule has 0 aliphatic rings. The number of hydrogen-bond acceptors (Lipinski definition) is 4. The van der Waals surface area contributed by atoms with Crippen LogP contribution in [0.15, 0.2) is 6.20 Å². The number of urea groups is 1. The quantitative estimate of drug-likeness (QED) is 0.653. The first-order valence-corrected chi connectivity index (χ1v) is 6.60. The van der Waals surface area contributed by atoms with Crippen molar-refractivity contribution in [2.24, 2.45) is 0 Å². The zero-order chi connectivity index (χ0) is 13.4. The van der Waals surface area contributed by atoms with Gasteiger partial charge in [-0.15, -0.1) is 11.3 Å². The van der Waals surface area contributed by atoms with Crippen LogP contribution in [0.3, 0.4) is 0 Å². The molecule has 1 aromatic rings. The molecule has 0 bridgehead atoms. The van der Waals surface area contributed by atoms with Crippen molar-refractivity contribution in [2.45, 2.75) is 32.7 Å². The van der Waals surface area contributed by atoms with Crippen molar-refractivity contribution in [3.8, 4) is 0 Å². The van der Waals surface area contributed by atoms with Gasteiger partial charge in [0.2, 0.25) is 0 Å². The predicted octanol–water partition coefficient (Wildman–Crippen LogP) is 1.37. The summed E-state index contributed by atoms with van der Waals surface area (Å²) in [6, 6.07) is -0.298. The summed E-state index contributed by atoms with van der Waals surface area (Å²) in [5, 5.41) is 14.6. The summed E-state index contributed by atoms with van der Waals surface area (Å²) in [6.45, 7) is 2.81. The molecule has 0 fully saturated rings. The third kappa shape index (κ3) is 5.62. The molecule has 0 saturated carbocycles. The molecule has 0 aliphatic heterocycles. The van der Waals surface area contributed by atoms with Gasteiger partial charge in [0.1, 0.15) is 5.01 Å². The minimum Gasteiger partial charge on any atom is -0.481 e. The van der Waals surface area contributed by atoms with Crippen LogP contribution in [0, 0.1) is 0 Å². The Balaban J connectivity index is 2.14. The maximum atomic E-state index is 11.3. The van der Waals surface area contributed by atoms with Crippen LogP contribution < -0.4 is 10.6 Å². The highest BCUT2D eigenvalue weighted by Crippen LogP contribution is 2.12. The van der Waals surface area contributed by atoms with E-state index < -0.39 is 5.97 Å². The molecule has 1 rings (SSSR count). The van der Waals surface area contributed by atoms with Crippen LogP contribution >= 0.6 is 11.3 Å². The molecule has 18 heavy (non-hydrogen) atoms. The number of thiazole rings is 1. The molecule has 3 N–H and O–H groups in total. The maximum absolute atomic E-state index is 11.3. The SMILES string of the molecule is CCc1cnc(CNC(=O)NCCCC(=O)O)s1. The minimum atomic E-state index is -0.855. The molecule has 0 aliphatic carbocycles. The lowest BCUT2D eigenvalue weighted by atomic mass is 10.3. The lowest BCUT2D eigenvalue weighted by Gasteiger charge is -2.05. The number of carboxylic acid groups (broad SMARTS) is 1. The largest absolute Gasteiger partial charge is 0.481 e. The molecule has 0 aromatic carbocycles. The van der Waals surface area contributed by atoms with Crippen LogP contribution in [0.5, 0.6) is 0 Å². The van der Waals surface area contributed by atoms with Crippen LogP contribution in [0.4, 0.5) is 4.79 Å². The fourth-order valence-electron chi connectivity index (χ4n) is 1.25. The normalized spacial score (nSPS) is 10.1. The van der Waals surface area contributed by atoms with Gasteiger partial charge in [-0.3, -0.25) is 4.79 Å². The third-order valence-corrected chi connectivity index (χ3v) is 3.34. The topological polar surface area (TPSA) is 91.3 Å². The zero-order valence-corrected chi connectivity index (χ0v) is 11.0. The number of aromatic nitrogens is 1. The van der Waals surface area contributed by atoms with Gasteiger partial charge in [-0.05, 0) is 12.8 Å². The first kappa shape index (κ1) is 14.4. The second kappa shape index (κ2) is 7.65. The summed E-state index contributed by atoms with van der Waals surface area (Å²) < 4.78 is 0. The van der Waals surface area contributed by atoms with Crippen LogP contribution in [0.25, 0.3) is 0 Å². The highest BCUT2D eigenvalue weighted by atomic mass is 32.1. The minimum absolute atomic E-state index is 0.0621. The lowest BCUT2D eigenvalue weighted by molar-refractivity contribution is -0.137. The van der Waals surface area contributed by atoms with Gasteiger partial charge in [-0.1, -0.05) is 6.92 Å². The summed E-state index contributed by atoms with van der Waals surface area (Å²) in [6.07, 6.45) is 3.25. The number of carbonyl (C=O) groups excluding carboxylic acids is 1. The van der Waals surface area contributed by atoms with Crippen molar-refractivity contribution in [3.05, 3.63) is 16.1 Å². The Bertz CT molecular complexity index is 406. The predicted molar refractivity (Wildman–Crippen MR) is 68.6 cm³/mol. The monoisotopic (exact) mass is 271 g/mol. The fourth-order valence-corrected chi connectivity index (χ4v) is 2.06. The lowest BCUT2D eigenvalue weighted by Crippen LogP contribution is -2.35. The Hall–Kier alpha value is -1.63. The Morgan fingerprint density at radius 3 is 2.83 bits per heavy atom. The van der Waals surface area contributed by atoms with E-state index in [0.717, 1.165) is 11.4 Å². The summed E-state index contributed by atoms with van der Waals surface area (Å²) in [5.74, 6) is -0.855. The Morgan fingerprint density at radius 1 is 1.44 bits per heavy atom. The molecule has 0 spiro atoms. The highest BCUT2D eigenvalue weighted by Gasteiger charge is 2.04. The molecule has 0 radical (unpaired) electrons. The van der Waals surface area contributed by atoms with E-state index in [-0.39, 0.29) is 12.5 Å². The third-order valence-electron chi connectivity index (χ3n) is 2.20. The average molecular weight is 271 g/mol. The fraction of sp³-hybridized carbons (Fsp3) is 0.545. The van der Waals surface area contributed by atoms with E-state index in [9.17, 15) is 9.59 Å². The van der Waals surface area contributed by atoms with E-state index in [0.29, 0.717) is 19.5 Å². The molecule has 6 nitrogen and oxygen atoms in total. The van der Waals surface area contributed by atoms with E-state index in [2.05, 4.69) is 22.5 Å². The van der Waals surface area contributed by atoms with E-state index in [1.807, 2.05) is 6.20 Å². The smallest absolute Gasteiger partial charge is 0.315 e. The van der Waals surface area contributed by atoms with Gasteiger partial charge in [0, 0.05) is 24.0 Å². The first-order valence-electron chi connectivity index (χ1n) is 5.79. The van der Waals surface area contributed by atoms with Gasteiger partial charge in [0.05, 0.1) is 6.54 Å². The number of hydrogen-bond donors (Lipinski definition) is 3. The van der Waals surface area contributed by atoms with Crippen molar-refractivity contribution in [1.82, 2.24) is 15.6 Å². The molecule has 100 valence electrons.